The molecular formula is C15H13BrN2O3. The lowest BCUT2D eigenvalue weighted by atomic mass is 10.0. The minimum absolute atomic E-state index is 0.260. The molecular weight excluding hydrogens is 336 g/mol. The normalized spacial score (nSPS) is 12.5. The Labute approximate surface area is 128 Å². The molecule has 5 nitrogen and oxygen atoms in total. The summed E-state index contributed by atoms with van der Waals surface area (Å²) >= 11 is 3.40. The van der Waals surface area contributed by atoms with Gasteiger partial charge in [0.1, 0.15) is 11.9 Å². The molecule has 21 heavy (non-hydrogen) atoms. The Kier molecular flexibility index (Phi) is 3.57. The van der Waals surface area contributed by atoms with Crippen LogP contribution in [0.4, 0.5) is 0 Å². The zero-order valence-electron chi connectivity index (χ0n) is 11.2. The van der Waals surface area contributed by atoms with Crippen LogP contribution >= 0.6 is 15.9 Å². The van der Waals surface area contributed by atoms with E-state index in [1.807, 2.05) is 6.07 Å². The standard InChI is InChI=1S/C15H13BrN2O3/c1-21-13-5-3-8(6-10(13)16)14(19)9-2-4-11-12(7-9)18-15(20)17-11/h2-7,14,19H,1H3,(H2,17,18,20). The van der Waals surface area contributed by atoms with Crippen molar-refractivity contribution in [2.45, 2.75) is 6.10 Å². The summed E-state index contributed by atoms with van der Waals surface area (Å²) in [5, 5.41) is 10.5. The summed E-state index contributed by atoms with van der Waals surface area (Å²) in [5.74, 6) is 0.705. The maximum absolute atomic E-state index is 11.3. The zero-order chi connectivity index (χ0) is 15.0. The van der Waals surface area contributed by atoms with Crippen molar-refractivity contribution < 1.29 is 9.84 Å². The van der Waals surface area contributed by atoms with Gasteiger partial charge in [-0.3, -0.25) is 0 Å². The highest BCUT2D eigenvalue weighted by Gasteiger charge is 2.13. The largest absolute Gasteiger partial charge is 0.496 e. The first-order valence-electron chi connectivity index (χ1n) is 6.32. The minimum Gasteiger partial charge on any atom is -0.496 e. The van der Waals surface area contributed by atoms with Crippen molar-refractivity contribution in [3.63, 3.8) is 0 Å². The van der Waals surface area contributed by atoms with Crippen LogP contribution in [-0.4, -0.2) is 22.2 Å². The summed E-state index contributed by atoms with van der Waals surface area (Å²) in [6.07, 6.45) is -0.782. The third-order valence-corrected chi connectivity index (χ3v) is 3.97. The molecule has 0 aliphatic rings. The van der Waals surface area contributed by atoms with Crippen LogP contribution in [0.1, 0.15) is 17.2 Å². The topological polar surface area (TPSA) is 78.1 Å². The number of nitrogens with one attached hydrogen (secondary N) is 2. The summed E-state index contributed by atoms with van der Waals surface area (Å²) in [6.45, 7) is 0. The Balaban J connectivity index is 2.00. The Hall–Kier alpha value is -2.05. The molecule has 0 saturated heterocycles. The number of H-pyrrole nitrogens is 2. The van der Waals surface area contributed by atoms with Crippen LogP contribution < -0.4 is 10.4 Å². The van der Waals surface area contributed by atoms with Crippen molar-refractivity contribution in [2.75, 3.05) is 7.11 Å². The number of aromatic amines is 2. The van der Waals surface area contributed by atoms with Crippen LogP contribution in [0.3, 0.4) is 0 Å². The Bertz CT molecular complexity index is 853. The molecule has 1 atom stereocenters. The number of benzene rings is 2. The maximum Gasteiger partial charge on any atom is 0.323 e. The van der Waals surface area contributed by atoms with E-state index in [1.54, 1.807) is 37.4 Å². The molecule has 0 radical (unpaired) electrons. The molecule has 3 aromatic rings. The molecule has 6 heteroatoms. The van der Waals surface area contributed by atoms with E-state index in [1.165, 1.54) is 0 Å². The second-order valence-electron chi connectivity index (χ2n) is 4.68. The number of rotatable bonds is 3. The summed E-state index contributed by atoms with van der Waals surface area (Å²) in [7, 11) is 1.59. The quantitative estimate of drug-likeness (QED) is 0.680. The smallest absolute Gasteiger partial charge is 0.323 e. The number of aliphatic hydroxyl groups is 1. The molecule has 0 bridgehead atoms. The molecule has 0 saturated carbocycles. The fourth-order valence-electron chi connectivity index (χ4n) is 2.27. The average molecular weight is 349 g/mol. The van der Waals surface area contributed by atoms with Crippen LogP contribution in [0.2, 0.25) is 0 Å². The van der Waals surface area contributed by atoms with Crippen molar-refractivity contribution in [3.8, 4) is 5.75 Å². The number of hydrogen-bond acceptors (Lipinski definition) is 3. The highest BCUT2D eigenvalue weighted by atomic mass is 79.9. The summed E-state index contributed by atoms with van der Waals surface area (Å²) in [6, 6.07) is 10.7. The summed E-state index contributed by atoms with van der Waals surface area (Å²) in [5.41, 5.74) is 2.56. The molecule has 0 amide bonds. The van der Waals surface area contributed by atoms with Crippen LogP contribution in [0.5, 0.6) is 5.75 Å². The Morgan fingerprint density at radius 3 is 2.48 bits per heavy atom. The fraction of sp³-hybridized carbons (Fsp3) is 0.133. The van der Waals surface area contributed by atoms with Gasteiger partial charge in [0.15, 0.2) is 0 Å². The molecule has 1 heterocycles. The van der Waals surface area contributed by atoms with Crippen molar-refractivity contribution >= 4 is 27.0 Å². The molecule has 2 aromatic carbocycles. The van der Waals surface area contributed by atoms with Gasteiger partial charge in [-0.15, -0.1) is 0 Å². The van der Waals surface area contributed by atoms with Gasteiger partial charge < -0.3 is 19.8 Å². The number of hydrogen-bond donors (Lipinski definition) is 3. The number of halogens is 1. The molecule has 0 fully saturated rings. The van der Waals surface area contributed by atoms with Crippen molar-refractivity contribution in [1.29, 1.82) is 0 Å². The van der Waals surface area contributed by atoms with E-state index in [-0.39, 0.29) is 5.69 Å². The van der Waals surface area contributed by atoms with Crippen molar-refractivity contribution in [1.82, 2.24) is 9.97 Å². The molecule has 108 valence electrons. The van der Waals surface area contributed by atoms with Crippen molar-refractivity contribution in [2.24, 2.45) is 0 Å². The lowest BCUT2D eigenvalue weighted by Gasteiger charge is -2.13. The van der Waals surface area contributed by atoms with E-state index in [9.17, 15) is 9.90 Å². The Morgan fingerprint density at radius 2 is 1.76 bits per heavy atom. The first-order valence-corrected chi connectivity index (χ1v) is 7.11. The second-order valence-corrected chi connectivity index (χ2v) is 5.54. The highest BCUT2D eigenvalue weighted by Crippen LogP contribution is 2.31. The number of fused-ring (bicyclic) bond motifs is 1. The van der Waals surface area contributed by atoms with E-state index < -0.39 is 6.10 Å². The molecule has 0 spiro atoms. The number of ether oxygens (including phenoxy) is 1. The van der Waals surface area contributed by atoms with Crippen LogP contribution in [0.15, 0.2) is 45.7 Å². The molecule has 0 aliphatic heterocycles. The maximum atomic E-state index is 11.3. The van der Waals surface area contributed by atoms with Gasteiger partial charge in [0.05, 0.1) is 22.6 Å². The van der Waals surface area contributed by atoms with Gasteiger partial charge in [-0.25, -0.2) is 4.79 Å². The lowest BCUT2D eigenvalue weighted by molar-refractivity contribution is 0.220. The van der Waals surface area contributed by atoms with Gasteiger partial charge >= 0.3 is 5.69 Å². The molecule has 3 rings (SSSR count). The molecule has 1 aromatic heterocycles. The van der Waals surface area contributed by atoms with Crippen LogP contribution in [0, 0.1) is 0 Å². The van der Waals surface area contributed by atoms with E-state index >= 15 is 0 Å². The monoisotopic (exact) mass is 348 g/mol. The number of aliphatic hydroxyl groups excluding tert-OH is 1. The van der Waals surface area contributed by atoms with E-state index in [0.29, 0.717) is 22.3 Å². The predicted octanol–water partition coefficient (Wildman–Crippen LogP) is 2.71. The van der Waals surface area contributed by atoms with Gasteiger partial charge in [0.2, 0.25) is 0 Å². The van der Waals surface area contributed by atoms with E-state index in [2.05, 4.69) is 25.9 Å². The van der Waals surface area contributed by atoms with Gasteiger partial charge in [-0.1, -0.05) is 12.1 Å². The third kappa shape index (κ3) is 2.59. The van der Waals surface area contributed by atoms with Gasteiger partial charge in [0, 0.05) is 0 Å². The first kappa shape index (κ1) is 13.9. The second kappa shape index (κ2) is 5.38. The molecule has 1 unspecified atom stereocenters. The third-order valence-electron chi connectivity index (χ3n) is 3.35. The number of imidazole rings is 1. The van der Waals surface area contributed by atoms with E-state index in [0.717, 1.165) is 10.0 Å². The lowest BCUT2D eigenvalue weighted by Crippen LogP contribution is -2.00. The van der Waals surface area contributed by atoms with Crippen LogP contribution in [-0.2, 0) is 0 Å². The molecule has 3 N–H and O–H groups in total. The van der Waals surface area contributed by atoms with E-state index in [4.69, 9.17) is 4.74 Å². The average Bonchev–Trinajstić information content (AvgIpc) is 2.85. The number of methoxy groups -OCH3 is 1. The molecule has 0 aliphatic carbocycles. The van der Waals surface area contributed by atoms with Crippen molar-refractivity contribution in [3.05, 3.63) is 62.5 Å². The van der Waals surface area contributed by atoms with Gasteiger partial charge in [-0.2, -0.15) is 0 Å². The SMILES string of the molecule is COc1ccc(C(O)c2ccc3[nH]c(=O)[nH]c3c2)cc1Br. The van der Waals surface area contributed by atoms with Gasteiger partial charge in [-0.05, 0) is 51.3 Å². The summed E-state index contributed by atoms with van der Waals surface area (Å²) in [4.78, 5) is 16.6. The Morgan fingerprint density at radius 1 is 1.10 bits per heavy atom. The fourth-order valence-corrected chi connectivity index (χ4v) is 2.82. The highest BCUT2D eigenvalue weighted by molar-refractivity contribution is 9.10. The number of aromatic nitrogens is 2. The minimum atomic E-state index is -0.782. The van der Waals surface area contributed by atoms with Gasteiger partial charge in [0.25, 0.3) is 0 Å². The summed E-state index contributed by atoms with van der Waals surface area (Å²) < 4.78 is 5.95. The zero-order valence-corrected chi connectivity index (χ0v) is 12.8. The predicted molar refractivity (Wildman–Crippen MR) is 83.7 cm³/mol. The van der Waals surface area contributed by atoms with Crippen LogP contribution in [0.25, 0.3) is 11.0 Å². The first-order chi connectivity index (χ1) is 10.1.